The molecule has 2 aromatic rings. The Morgan fingerprint density at radius 3 is 2.78 bits per heavy atom. The lowest BCUT2D eigenvalue weighted by atomic mass is 10.1. The van der Waals surface area contributed by atoms with Gasteiger partial charge in [-0.05, 0) is 12.5 Å². The van der Waals surface area contributed by atoms with Crippen LogP contribution in [-0.2, 0) is 11.3 Å². The van der Waals surface area contributed by atoms with E-state index in [-0.39, 0.29) is 5.91 Å². The maximum atomic E-state index is 11.9. The predicted molar refractivity (Wildman–Crippen MR) is 72.1 cm³/mol. The second kappa shape index (κ2) is 5.75. The lowest BCUT2D eigenvalue weighted by Crippen LogP contribution is -2.33. The smallest absolute Gasteiger partial charge is 0.241 e. The number of thiazole rings is 1. The van der Waals surface area contributed by atoms with Gasteiger partial charge in [-0.25, -0.2) is 4.98 Å². The topological polar surface area (TPSA) is 68.0 Å². The molecule has 1 atom stereocenters. The van der Waals surface area contributed by atoms with Gasteiger partial charge in [0.2, 0.25) is 5.91 Å². The van der Waals surface area contributed by atoms with Crippen LogP contribution >= 0.6 is 11.3 Å². The van der Waals surface area contributed by atoms with Crippen molar-refractivity contribution in [1.82, 2.24) is 10.3 Å². The zero-order valence-corrected chi connectivity index (χ0v) is 10.9. The Morgan fingerprint density at radius 1 is 1.44 bits per heavy atom. The number of carbonyl (C=O) groups is 1. The Bertz CT molecular complexity index is 524. The number of hydrogen-bond acceptors (Lipinski definition) is 4. The van der Waals surface area contributed by atoms with Crippen LogP contribution < -0.4 is 11.1 Å². The van der Waals surface area contributed by atoms with Gasteiger partial charge in [0.15, 0.2) is 0 Å². The third-order valence-electron chi connectivity index (χ3n) is 2.55. The quantitative estimate of drug-likeness (QED) is 0.881. The van der Waals surface area contributed by atoms with Gasteiger partial charge in [0, 0.05) is 11.1 Å². The van der Waals surface area contributed by atoms with Crippen molar-refractivity contribution in [2.24, 2.45) is 5.73 Å². The van der Waals surface area contributed by atoms with Crippen LogP contribution in [0.4, 0.5) is 0 Å². The SMILES string of the molecule is Cc1ncc(CNC(=O)[C@H](N)c2ccccc2)s1. The second-order valence-electron chi connectivity index (χ2n) is 3.95. The summed E-state index contributed by atoms with van der Waals surface area (Å²) in [7, 11) is 0. The van der Waals surface area contributed by atoms with Crippen LogP contribution in [0.3, 0.4) is 0 Å². The van der Waals surface area contributed by atoms with Crippen molar-refractivity contribution in [3.63, 3.8) is 0 Å². The van der Waals surface area contributed by atoms with Gasteiger partial charge < -0.3 is 11.1 Å². The van der Waals surface area contributed by atoms with Crippen LogP contribution in [0.15, 0.2) is 36.5 Å². The van der Waals surface area contributed by atoms with Crippen molar-refractivity contribution >= 4 is 17.2 Å². The molecule has 1 aromatic carbocycles. The highest BCUT2D eigenvalue weighted by molar-refractivity contribution is 7.11. The summed E-state index contributed by atoms with van der Waals surface area (Å²) in [6.45, 7) is 2.41. The number of hydrogen-bond donors (Lipinski definition) is 2. The first-order valence-corrected chi connectivity index (χ1v) is 6.48. The second-order valence-corrected chi connectivity index (χ2v) is 5.27. The summed E-state index contributed by atoms with van der Waals surface area (Å²) >= 11 is 1.57. The molecule has 1 amide bonds. The minimum absolute atomic E-state index is 0.174. The van der Waals surface area contributed by atoms with Crippen LogP contribution in [-0.4, -0.2) is 10.9 Å². The Balaban J connectivity index is 1.92. The zero-order chi connectivity index (χ0) is 13.0. The number of nitrogens with two attached hydrogens (primary N) is 1. The van der Waals surface area contributed by atoms with Crippen molar-refractivity contribution in [2.45, 2.75) is 19.5 Å². The van der Waals surface area contributed by atoms with E-state index in [9.17, 15) is 4.79 Å². The summed E-state index contributed by atoms with van der Waals surface area (Å²) in [5.74, 6) is -0.174. The molecule has 4 nitrogen and oxygen atoms in total. The van der Waals surface area contributed by atoms with Crippen LogP contribution in [0, 0.1) is 6.92 Å². The first kappa shape index (κ1) is 12.7. The molecule has 0 bridgehead atoms. The number of nitrogens with zero attached hydrogens (tertiary/aromatic N) is 1. The number of carbonyl (C=O) groups excluding carboxylic acids is 1. The lowest BCUT2D eigenvalue weighted by Gasteiger charge is -2.11. The molecule has 0 radical (unpaired) electrons. The maximum Gasteiger partial charge on any atom is 0.241 e. The van der Waals surface area contributed by atoms with Crippen molar-refractivity contribution in [2.75, 3.05) is 0 Å². The number of aryl methyl sites for hydroxylation is 1. The summed E-state index contributed by atoms with van der Waals surface area (Å²) in [6.07, 6.45) is 1.77. The largest absolute Gasteiger partial charge is 0.349 e. The van der Waals surface area contributed by atoms with E-state index >= 15 is 0 Å². The molecular weight excluding hydrogens is 246 g/mol. The van der Waals surface area contributed by atoms with E-state index in [0.29, 0.717) is 6.54 Å². The lowest BCUT2D eigenvalue weighted by molar-refractivity contribution is -0.122. The molecule has 18 heavy (non-hydrogen) atoms. The third kappa shape index (κ3) is 3.15. The Morgan fingerprint density at radius 2 is 2.17 bits per heavy atom. The van der Waals surface area contributed by atoms with E-state index in [1.807, 2.05) is 37.3 Å². The van der Waals surface area contributed by atoms with Gasteiger partial charge in [-0.15, -0.1) is 11.3 Å². The van der Waals surface area contributed by atoms with Crippen LogP contribution in [0.2, 0.25) is 0 Å². The van der Waals surface area contributed by atoms with E-state index < -0.39 is 6.04 Å². The van der Waals surface area contributed by atoms with E-state index in [4.69, 9.17) is 5.73 Å². The fraction of sp³-hybridized carbons (Fsp3) is 0.231. The molecule has 1 aromatic heterocycles. The van der Waals surface area contributed by atoms with E-state index in [0.717, 1.165) is 15.4 Å². The number of nitrogens with one attached hydrogen (secondary N) is 1. The predicted octanol–water partition coefficient (Wildman–Crippen LogP) is 1.77. The van der Waals surface area contributed by atoms with Gasteiger partial charge >= 0.3 is 0 Å². The van der Waals surface area contributed by atoms with Gasteiger partial charge in [0.05, 0.1) is 11.6 Å². The molecular formula is C13H15N3OS. The first-order chi connectivity index (χ1) is 8.66. The third-order valence-corrected chi connectivity index (χ3v) is 3.46. The summed E-state index contributed by atoms with van der Waals surface area (Å²) in [6, 6.07) is 8.71. The molecule has 94 valence electrons. The normalized spacial score (nSPS) is 12.1. The molecule has 0 spiro atoms. The summed E-state index contributed by atoms with van der Waals surface area (Å²) in [4.78, 5) is 17.0. The molecule has 0 saturated carbocycles. The summed E-state index contributed by atoms with van der Waals surface area (Å²) < 4.78 is 0. The highest BCUT2D eigenvalue weighted by atomic mass is 32.1. The fourth-order valence-electron chi connectivity index (χ4n) is 1.58. The molecule has 3 N–H and O–H groups in total. The minimum atomic E-state index is -0.625. The average molecular weight is 261 g/mol. The minimum Gasteiger partial charge on any atom is -0.349 e. The van der Waals surface area contributed by atoms with Crippen molar-refractivity contribution < 1.29 is 4.79 Å². The van der Waals surface area contributed by atoms with Gasteiger partial charge in [0.1, 0.15) is 6.04 Å². The van der Waals surface area contributed by atoms with Crippen molar-refractivity contribution in [3.05, 3.63) is 52.0 Å². The molecule has 1 heterocycles. The Hall–Kier alpha value is -1.72. The Kier molecular flexibility index (Phi) is 4.07. The standard InChI is InChI=1S/C13H15N3OS/c1-9-15-7-11(18-9)8-16-13(17)12(14)10-5-3-2-4-6-10/h2-7,12H,8,14H2,1H3,(H,16,17)/t12-/m1/s1. The number of amides is 1. The summed E-state index contributed by atoms with van der Waals surface area (Å²) in [5.41, 5.74) is 6.70. The zero-order valence-electron chi connectivity index (χ0n) is 10.1. The van der Waals surface area contributed by atoms with Gasteiger partial charge in [0.25, 0.3) is 0 Å². The molecule has 0 aliphatic heterocycles. The maximum absolute atomic E-state index is 11.9. The van der Waals surface area contributed by atoms with Crippen LogP contribution in [0.1, 0.15) is 21.5 Å². The molecule has 0 saturated heterocycles. The molecule has 0 aliphatic rings. The highest BCUT2D eigenvalue weighted by Gasteiger charge is 2.14. The average Bonchev–Trinajstić information content (AvgIpc) is 2.82. The Labute approximate surface area is 110 Å². The van der Waals surface area contributed by atoms with E-state index in [2.05, 4.69) is 10.3 Å². The molecule has 0 fully saturated rings. The van der Waals surface area contributed by atoms with Crippen LogP contribution in [0.5, 0.6) is 0 Å². The van der Waals surface area contributed by atoms with E-state index in [1.165, 1.54) is 0 Å². The number of rotatable bonds is 4. The molecule has 2 rings (SSSR count). The molecule has 0 aliphatic carbocycles. The number of aromatic nitrogens is 1. The highest BCUT2D eigenvalue weighted by Crippen LogP contribution is 2.12. The van der Waals surface area contributed by atoms with Gasteiger partial charge in [-0.1, -0.05) is 30.3 Å². The molecule has 0 unspecified atom stereocenters. The molecule has 5 heteroatoms. The van der Waals surface area contributed by atoms with Gasteiger partial charge in [-0.3, -0.25) is 4.79 Å². The van der Waals surface area contributed by atoms with Gasteiger partial charge in [-0.2, -0.15) is 0 Å². The van der Waals surface area contributed by atoms with Crippen molar-refractivity contribution in [3.8, 4) is 0 Å². The van der Waals surface area contributed by atoms with E-state index in [1.54, 1.807) is 17.5 Å². The van der Waals surface area contributed by atoms with Crippen LogP contribution in [0.25, 0.3) is 0 Å². The first-order valence-electron chi connectivity index (χ1n) is 5.66. The summed E-state index contributed by atoms with van der Waals surface area (Å²) in [5, 5.41) is 3.81. The van der Waals surface area contributed by atoms with Crippen molar-refractivity contribution in [1.29, 1.82) is 0 Å². The fourth-order valence-corrected chi connectivity index (χ4v) is 2.32. The monoisotopic (exact) mass is 261 g/mol. The number of benzene rings is 1.